The number of urea groups is 1. The molecule has 2 N–H and O–H groups in total. The van der Waals surface area contributed by atoms with Gasteiger partial charge in [-0.05, 0) is 35.9 Å². The van der Waals surface area contributed by atoms with Gasteiger partial charge in [0, 0.05) is 16.7 Å². The Labute approximate surface area is 143 Å². The van der Waals surface area contributed by atoms with Crippen molar-refractivity contribution in [2.24, 2.45) is 0 Å². The molecule has 0 aromatic heterocycles. The predicted molar refractivity (Wildman–Crippen MR) is 94.9 cm³/mol. The fourth-order valence-electron chi connectivity index (χ4n) is 1.86. The van der Waals surface area contributed by atoms with E-state index in [4.69, 9.17) is 9.47 Å². The smallest absolute Gasteiger partial charge is 0.323 e. The highest BCUT2D eigenvalue weighted by Gasteiger charge is 2.07. The van der Waals surface area contributed by atoms with E-state index in [-0.39, 0.29) is 6.03 Å². The molecule has 2 aromatic rings. The average Bonchev–Trinajstić information content (AvgIpc) is 2.56. The summed E-state index contributed by atoms with van der Waals surface area (Å²) in [5, 5.41) is 5.36. The highest BCUT2D eigenvalue weighted by molar-refractivity contribution is 9.10. The number of benzene rings is 2. The summed E-state index contributed by atoms with van der Waals surface area (Å²) in [5.74, 6) is 1.18. The summed E-state index contributed by atoms with van der Waals surface area (Å²) >= 11 is 3.37. The normalized spacial score (nSPS) is 10.4. The molecule has 0 aliphatic rings. The first kappa shape index (κ1) is 16.9. The van der Waals surface area contributed by atoms with Crippen molar-refractivity contribution < 1.29 is 14.3 Å². The molecular formula is C17H17BrN2O3. The molecule has 0 saturated carbocycles. The van der Waals surface area contributed by atoms with Crippen LogP contribution >= 0.6 is 15.9 Å². The van der Waals surface area contributed by atoms with Gasteiger partial charge in [-0.15, -0.1) is 0 Å². The van der Waals surface area contributed by atoms with Crippen LogP contribution in [0, 0.1) is 0 Å². The fraction of sp³-hybridized carbons (Fsp3) is 0.118. The molecule has 0 radical (unpaired) electrons. The van der Waals surface area contributed by atoms with Gasteiger partial charge >= 0.3 is 6.03 Å². The average molecular weight is 377 g/mol. The van der Waals surface area contributed by atoms with Gasteiger partial charge in [-0.2, -0.15) is 0 Å². The minimum atomic E-state index is -0.370. The van der Waals surface area contributed by atoms with Crippen LogP contribution in [-0.4, -0.2) is 20.3 Å². The van der Waals surface area contributed by atoms with E-state index in [1.165, 1.54) is 0 Å². The van der Waals surface area contributed by atoms with E-state index < -0.39 is 0 Å². The molecule has 0 aliphatic heterocycles. The molecule has 0 unspecified atom stereocenters. The van der Waals surface area contributed by atoms with E-state index in [2.05, 4.69) is 26.6 Å². The number of halogens is 1. The Bertz CT molecular complexity index is 699. The number of carbonyl (C=O) groups excluding carboxylic acids is 1. The molecule has 2 rings (SSSR count). The molecule has 2 aromatic carbocycles. The quantitative estimate of drug-likeness (QED) is 0.819. The van der Waals surface area contributed by atoms with Crippen molar-refractivity contribution in [1.82, 2.24) is 5.32 Å². The van der Waals surface area contributed by atoms with E-state index in [1.807, 2.05) is 24.3 Å². The molecule has 0 saturated heterocycles. The highest BCUT2D eigenvalue weighted by Crippen LogP contribution is 2.28. The zero-order valence-electron chi connectivity index (χ0n) is 12.8. The minimum absolute atomic E-state index is 0.370. The Kier molecular flexibility index (Phi) is 6.05. The second-order valence-electron chi connectivity index (χ2n) is 4.55. The third kappa shape index (κ3) is 5.03. The second kappa shape index (κ2) is 8.24. The van der Waals surface area contributed by atoms with Crippen LogP contribution < -0.4 is 20.1 Å². The monoisotopic (exact) mass is 376 g/mol. The Morgan fingerprint density at radius 3 is 2.48 bits per heavy atom. The SMILES string of the molecule is COc1ccc(OC)c(NC(=O)N/C=C/c2ccc(Br)cc2)c1. The summed E-state index contributed by atoms with van der Waals surface area (Å²) in [6.45, 7) is 0. The molecule has 0 atom stereocenters. The minimum Gasteiger partial charge on any atom is -0.497 e. The van der Waals surface area contributed by atoms with E-state index in [9.17, 15) is 4.79 Å². The van der Waals surface area contributed by atoms with Crippen molar-refractivity contribution in [2.75, 3.05) is 19.5 Å². The topological polar surface area (TPSA) is 59.6 Å². The lowest BCUT2D eigenvalue weighted by molar-refractivity contribution is 0.255. The van der Waals surface area contributed by atoms with Gasteiger partial charge in [-0.1, -0.05) is 28.1 Å². The fourth-order valence-corrected chi connectivity index (χ4v) is 2.12. The van der Waals surface area contributed by atoms with Crippen LogP contribution in [0.4, 0.5) is 10.5 Å². The van der Waals surface area contributed by atoms with Crippen LogP contribution in [0.1, 0.15) is 5.56 Å². The lowest BCUT2D eigenvalue weighted by Gasteiger charge is -2.11. The first-order valence-electron chi connectivity index (χ1n) is 6.84. The van der Waals surface area contributed by atoms with Crippen molar-refractivity contribution in [1.29, 1.82) is 0 Å². The number of methoxy groups -OCH3 is 2. The number of hydrogen-bond acceptors (Lipinski definition) is 3. The van der Waals surface area contributed by atoms with Crippen LogP contribution in [-0.2, 0) is 0 Å². The van der Waals surface area contributed by atoms with Gasteiger partial charge in [-0.25, -0.2) is 4.79 Å². The van der Waals surface area contributed by atoms with Crippen LogP contribution in [0.25, 0.3) is 6.08 Å². The number of ether oxygens (including phenoxy) is 2. The number of rotatable bonds is 5. The van der Waals surface area contributed by atoms with Gasteiger partial charge in [0.1, 0.15) is 11.5 Å². The largest absolute Gasteiger partial charge is 0.497 e. The zero-order chi connectivity index (χ0) is 16.7. The van der Waals surface area contributed by atoms with E-state index in [0.29, 0.717) is 17.2 Å². The first-order valence-corrected chi connectivity index (χ1v) is 7.63. The number of nitrogens with one attached hydrogen (secondary N) is 2. The molecule has 2 amide bonds. The van der Waals surface area contributed by atoms with Crippen molar-refractivity contribution in [3.63, 3.8) is 0 Å². The van der Waals surface area contributed by atoms with Crippen LogP contribution in [0.2, 0.25) is 0 Å². The number of amides is 2. The Balaban J connectivity index is 1.98. The number of hydrogen-bond donors (Lipinski definition) is 2. The molecule has 0 spiro atoms. The van der Waals surface area contributed by atoms with Crippen LogP contribution in [0.5, 0.6) is 11.5 Å². The van der Waals surface area contributed by atoms with Gasteiger partial charge < -0.3 is 20.1 Å². The third-order valence-electron chi connectivity index (χ3n) is 3.02. The Morgan fingerprint density at radius 2 is 1.83 bits per heavy atom. The molecule has 5 nitrogen and oxygen atoms in total. The molecule has 0 bridgehead atoms. The first-order chi connectivity index (χ1) is 11.1. The Hall–Kier alpha value is -2.47. The maximum atomic E-state index is 11.9. The molecule has 120 valence electrons. The highest BCUT2D eigenvalue weighted by atomic mass is 79.9. The lowest BCUT2D eigenvalue weighted by Crippen LogP contribution is -2.24. The van der Waals surface area contributed by atoms with Gasteiger partial charge in [0.25, 0.3) is 0 Å². The van der Waals surface area contributed by atoms with E-state index in [1.54, 1.807) is 44.7 Å². The second-order valence-corrected chi connectivity index (χ2v) is 5.47. The summed E-state index contributed by atoms with van der Waals surface area (Å²) in [6, 6.07) is 12.5. The third-order valence-corrected chi connectivity index (χ3v) is 3.54. The number of carbonyl (C=O) groups is 1. The van der Waals surface area contributed by atoms with Crippen LogP contribution in [0.15, 0.2) is 53.1 Å². The van der Waals surface area contributed by atoms with Crippen molar-refractivity contribution in [3.05, 3.63) is 58.7 Å². The summed E-state index contributed by atoms with van der Waals surface area (Å²) in [7, 11) is 3.10. The maximum Gasteiger partial charge on any atom is 0.323 e. The van der Waals surface area contributed by atoms with E-state index in [0.717, 1.165) is 10.0 Å². The van der Waals surface area contributed by atoms with Crippen molar-refractivity contribution >= 4 is 33.7 Å². The van der Waals surface area contributed by atoms with Crippen LogP contribution in [0.3, 0.4) is 0 Å². The lowest BCUT2D eigenvalue weighted by atomic mass is 10.2. The maximum absolute atomic E-state index is 11.9. The molecule has 23 heavy (non-hydrogen) atoms. The van der Waals surface area contributed by atoms with Gasteiger partial charge in [0.15, 0.2) is 0 Å². The van der Waals surface area contributed by atoms with Gasteiger partial charge in [-0.3, -0.25) is 0 Å². The summed E-state index contributed by atoms with van der Waals surface area (Å²) < 4.78 is 11.4. The van der Waals surface area contributed by atoms with Gasteiger partial charge in [0.05, 0.1) is 19.9 Å². The van der Waals surface area contributed by atoms with Gasteiger partial charge in [0.2, 0.25) is 0 Å². The zero-order valence-corrected chi connectivity index (χ0v) is 14.4. The van der Waals surface area contributed by atoms with Crippen molar-refractivity contribution in [2.45, 2.75) is 0 Å². The molecular weight excluding hydrogens is 360 g/mol. The van der Waals surface area contributed by atoms with E-state index >= 15 is 0 Å². The number of anilines is 1. The summed E-state index contributed by atoms with van der Waals surface area (Å²) in [5.41, 5.74) is 1.51. The van der Waals surface area contributed by atoms with Crippen molar-refractivity contribution in [3.8, 4) is 11.5 Å². The molecule has 0 fully saturated rings. The molecule has 6 heteroatoms. The summed E-state index contributed by atoms with van der Waals surface area (Å²) in [4.78, 5) is 11.9. The standard InChI is InChI=1S/C17H17BrN2O3/c1-22-14-7-8-16(23-2)15(11-14)20-17(21)19-10-9-12-3-5-13(18)6-4-12/h3-11H,1-2H3,(H2,19,20,21)/b10-9+. The Morgan fingerprint density at radius 1 is 1.09 bits per heavy atom. The molecule has 0 heterocycles. The predicted octanol–water partition coefficient (Wildman–Crippen LogP) is 4.26. The molecule has 0 aliphatic carbocycles. The summed E-state index contributed by atoms with van der Waals surface area (Å²) in [6.07, 6.45) is 3.38.